The highest BCUT2D eigenvalue weighted by Gasteiger charge is 2.18. The van der Waals surface area contributed by atoms with E-state index < -0.39 is 6.10 Å². The van der Waals surface area contributed by atoms with Gasteiger partial charge >= 0.3 is 0 Å². The van der Waals surface area contributed by atoms with Crippen molar-refractivity contribution in [1.29, 1.82) is 0 Å². The summed E-state index contributed by atoms with van der Waals surface area (Å²) in [6, 6.07) is 37.5. The molecule has 0 saturated heterocycles. The molecule has 32 heavy (non-hydrogen) atoms. The summed E-state index contributed by atoms with van der Waals surface area (Å²) in [5.74, 6) is -0.01000. The second-order valence-electron chi connectivity index (χ2n) is 7.41. The third kappa shape index (κ3) is 7.15. The van der Waals surface area contributed by atoms with Crippen LogP contribution in [0.3, 0.4) is 0 Å². The third-order valence-corrected chi connectivity index (χ3v) is 4.91. The highest BCUT2D eigenvalue weighted by atomic mass is 16.3. The van der Waals surface area contributed by atoms with Gasteiger partial charge in [0.1, 0.15) is 11.9 Å². The molecule has 0 heterocycles. The van der Waals surface area contributed by atoms with E-state index in [0.717, 1.165) is 11.1 Å². The van der Waals surface area contributed by atoms with Gasteiger partial charge in [0.25, 0.3) is 0 Å². The lowest BCUT2D eigenvalue weighted by Crippen LogP contribution is -2.11. The van der Waals surface area contributed by atoms with Crippen molar-refractivity contribution >= 4 is 11.6 Å². The third-order valence-electron chi connectivity index (χ3n) is 4.91. The van der Waals surface area contributed by atoms with E-state index in [-0.39, 0.29) is 11.6 Å². The van der Waals surface area contributed by atoms with Crippen molar-refractivity contribution in [2.45, 2.75) is 18.9 Å². The number of aliphatic hydroxyl groups is 1. The zero-order valence-corrected chi connectivity index (χ0v) is 17.8. The highest BCUT2D eigenvalue weighted by Crippen LogP contribution is 2.17. The lowest BCUT2D eigenvalue weighted by atomic mass is 10.0. The van der Waals surface area contributed by atoms with Crippen LogP contribution in [-0.2, 0) is 17.6 Å². The standard InChI is InChI=1S/C15H14O.C14H12O2/c16-15(11-13-7-3-1-4-8-13)12-14-9-5-2-6-10-14;15-13(11-7-3-1-4-8-11)14(16)12-9-5-2-6-10-12/h1-10H,11-12H2;1-10,13,15H. The Balaban J connectivity index is 0.000000181. The molecule has 3 heteroatoms. The second kappa shape index (κ2) is 12.1. The second-order valence-corrected chi connectivity index (χ2v) is 7.41. The quantitative estimate of drug-likeness (QED) is 0.392. The average Bonchev–Trinajstić information content (AvgIpc) is 2.86. The molecule has 1 N–H and O–H groups in total. The van der Waals surface area contributed by atoms with E-state index in [1.165, 1.54) is 0 Å². The number of hydrogen-bond acceptors (Lipinski definition) is 3. The van der Waals surface area contributed by atoms with Gasteiger partial charge < -0.3 is 5.11 Å². The molecular formula is C29H26O3. The number of Topliss-reactive ketones (excluding diaryl/α,β-unsaturated/α-hetero) is 2. The van der Waals surface area contributed by atoms with Crippen LogP contribution in [-0.4, -0.2) is 16.7 Å². The summed E-state index contributed by atoms with van der Waals surface area (Å²) in [7, 11) is 0. The van der Waals surface area contributed by atoms with Crippen molar-refractivity contribution in [2.75, 3.05) is 0 Å². The fourth-order valence-corrected chi connectivity index (χ4v) is 3.26. The Morgan fingerprint density at radius 1 is 0.562 bits per heavy atom. The van der Waals surface area contributed by atoms with Crippen LogP contribution in [0.25, 0.3) is 0 Å². The van der Waals surface area contributed by atoms with Gasteiger partial charge in [-0.1, -0.05) is 121 Å². The molecule has 4 rings (SSSR count). The Kier molecular flexibility index (Phi) is 8.67. The smallest absolute Gasteiger partial charge is 0.195 e. The summed E-state index contributed by atoms with van der Waals surface area (Å²) in [5.41, 5.74) is 3.32. The minimum atomic E-state index is -1.08. The molecule has 3 nitrogen and oxygen atoms in total. The minimum Gasteiger partial charge on any atom is -0.380 e. The summed E-state index contributed by atoms with van der Waals surface area (Å²) in [6.45, 7) is 0. The van der Waals surface area contributed by atoms with E-state index in [9.17, 15) is 14.7 Å². The zero-order valence-electron chi connectivity index (χ0n) is 17.8. The molecule has 0 amide bonds. The molecular weight excluding hydrogens is 396 g/mol. The molecule has 0 fully saturated rings. The summed E-state index contributed by atoms with van der Waals surface area (Å²) in [6.07, 6.45) is -0.0329. The first-order chi connectivity index (χ1) is 15.6. The maximum atomic E-state index is 11.9. The Hall–Kier alpha value is -3.82. The van der Waals surface area contributed by atoms with Crippen molar-refractivity contribution in [3.63, 3.8) is 0 Å². The Bertz CT molecular complexity index is 1050. The van der Waals surface area contributed by atoms with Gasteiger partial charge in [0.15, 0.2) is 5.78 Å². The van der Waals surface area contributed by atoms with E-state index >= 15 is 0 Å². The number of carbonyl (C=O) groups is 2. The van der Waals surface area contributed by atoms with Gasteiger partial charge in [0.05, 0.1) is 0 Å². The van der Waals surface area contributed by atoms with Gasteiger partial charge in [-0.15, -0.1) is 0 Å². The number of ketones is 2. The largest absolute Gasteiger partial charge is 0.380 e. The van der Waals surface area contributed by atoms with Crippen molar-refractivity contribution in [1.82, 2.24) is 0 Å². The van der Waals surface area contributed by atoms with Crippen LogP contribution in [0, 0.1) is 0 Å². The summed E-state index contributed by atoms with van der Waals surface area (Å²) < 4.78 is 0. The predicted octanol–water partition coefficient (Wildman–Crippen LogP) is 5.64. The number of carbonyl (C=O) groups excluding carboxylic acids is 2. The summed E-state index contributed by atoms with van der Waals surface area (Å²) >= 11 is 0. The van der Waals surface area contributed by atoms with Crippen molar-refractivity contribution in [2.24, 2.45) is 0 Å². The van der Waals surface area contributed by atoms with Crippen molar-refractivity contribution < 1.29 is 14.7 Å². The van der Waals surface area contributed by atoms with Gasteiger partial charge in [-0.25, -0.2) is 0 Å². The molecule has 0 aromatic heterocycles. The van der Waals surface area contributed by atoms with Gasteiger partial charge in [-0.2, -0.15) is 0 Å². The molecule has 0 radical (unpaired) electrons. The van der Waals surface area contributed by atoms with E-state index in [1.807, 2.05) is 72.8 Å². The Morgan fingerprint density at radius 3 is 1.38 bits per heavy atom. The zero-order chi connectivity index (χ0) is 22.6. The van der Waals surface area contributed by atoms with E-state index in [1.54, 1.807) is 48.5 Å². The van der Waals surface area contributed by atoms with Crippen LogP contribution in [0.4, 0.5) is 0 Å². The maximum absolute atomic E-state index is 11.9. The van der Waals surface area contributed by atoms with Gasteiger partial charge in [-0.05, 0) is 16.7 Å². The van der Waals surface area contributed by atoms with E-state index in [2.05, 4.69) is 0 Å². The number of hydrogen-bond donors (Lipinski definition) is 1. The highest BCUT2D eigenvalue weighted by molar-refractivity contribution is 5.99. The fraction of sp³-hybridized carbons (Fsp3) is 0.103. The van der Waals surface area contributed by atoms with Gasteiger partial charge in [-0.3, -0.25) is 9.59 Å². The maximum Gasteiger partial charge on any atom is 0.195 e. The number of benzene rings is 4. The van der Waals surface area contributed by atoms with Crippen LogP contribution in [0.1, 0.15) is 33.2 Å². The van der Waals surface area contributed by atoms with Crippen molar-refractivity contribution in [3.8, 4) is 0 Å². The van der Waals surface area contributed by atoms with Crippen LogP contribution in [0.15, 0.2) is 121 Å². The van der Waals surface area contributed by atoms with Gasteiger partial charge in [0.2, 0.25) is 0 Å². The van der Waals surface area contributed by atoms with Crippen LogP contribution in [0.5, 0.6) is 0 Å². The van der Waals surface area contributed by atoms with E-state index in [0.29, 0.717) is 24.0 Å². The molecule has 0 spiro atoms. The molecule has 160 valence electrons. The van der Waals surface area contributed by atoms with Crippen LogP contribution >= 0.6 is 0 Å². The van der Waals surface area contributed by atoms with E-state index in [4.69, 9.17) is 0 Å². The predicted molar refractivity (Wildman–Crippen MR) is 127 cm³/mol. The van der Waals surface area contributed by atoms with Gasteiger partial charge in [0, 0.05) is 18.4 Å². The number of aliphatic hydroxyl groups excluding tert-OH is 1. The molecule has 4 aromatic carbocycles. The SMILES string of the molecule is O=C(Cc1ccccc1)Cc1ccccc1.O=C(c1ccccc1)C(O)c1ccccc1. The monoisotopic (exact) mass is 422 g/mol. The topological polar surface area (TPSA) is 54.4 Å². The first-order valence-electron chi connectivity index (χ1n) is 10.6. The molecule has 0 aliphatic rings. The lowest BCUT2D eigenvalue weighted by Gasteiger charge is -2.09. The summed E-state index contributed by atoms with van der Waals surface area (Å²) in [4.78, 5) is 23.7. The fourth-order valence-electron chi connectivity index (χ4n) is 3.26. The average molecular weight is 423 g/mol. The Labute approximate surface area is 189 Å². The first kappa shape index (κ1) is 22.9. The van der Waals surface area contributed by atoms with Crippen LogP contribution < -0.4 is 0 Å². The summed E-state index contributed by atoms with van der Waals surface area (Å²) in [5, 5.41) is 9.89. The molecule has 1 atom stereocenters. The van der Waals surface area contributed by atoms with Crippen LogP contribution in [0.2, 0.25) is 0 Å². The Morgan fingerprint density at radius 2 is 0.938 bits per heavy atom. The molecule has 0 saturated carbocycles. The normalized spacial score (nSPS) is 11.0. The molecule has 0 aliphatic carbocycles. The van der Waals surface area contributed by atoms with Crippen molar-refractivity contribution in [3.05, 3.63) is 144 Å². The number of rotatable bonds is 7. The molecule has 1 unspecified atom stereocenters. The minimum absolute atomic E-state index is 0.261. The first-order valence-corrected chi connectivity index (χ1v) is 10.6. The lowest BCUT2D eigenvalue weighted by molar-refractivity contribution is -0.117. The molecule has 0 aliphatic heterocycles. The molecule has 4 aromatic rings. The molecule has 0 bridgehead atoms.